The van der Waals surface area contributed by atoms with E-state index in [0.717, 1.165) is 25.7 Å². The van der Waals surface area contributed by atoms with Crippen molar-refractivity contribution in [2.75, 3.05) is 6.61 Å². The van der Waals surface area contributed by atoms with Crippen LogP contribution in [0, 0.1) is 0 Å². The average Bonchev–Trinajstić information content (AvgIpc) is 2.67. The molecule has 1 unspecified atom stereocenters. The van der Waals surface area contributed by atoms with Crippen molar-refractivity contribution in [2.45, 2.75) is 58.0 Å². The Hall–Kier alpha value is -1.78. The van der Waals surface area contributed by atoms with E-state index in [4.69, 9.17) is 9.57 Å². The van der Waals surface area contributed by atoms with Crippen molar-refractivity contribution >= 4 is 11.7 Å². The smallest absolute Gasteiger partial charge is 0.344 e. The van der Waals surface area contributed by atoms with E-state index >= 15 is 0 Å². The van der Waals surface area contributed by atoms with Crippen molar-refractivity contribution in [1.82, 2.24) is 0 Å². The Kier molecular flexibility index (Phi) is 5.04. The Bertz CT molecular complexity index is 493. The summed E-state index contributed by atoms with van der Waals surface area (Å²) in [4.78, 5) is 17.4. The maximum absolute atomic E-state index is 12.3. The van der Waals surface area contributed by atoms with Gasteiger partial charge in [0, 0.05) is 6.42 Å². The molecule has 0 fully saturated rings. The van der Waals surface area contributed by atoms with Crippen molar-refractivity contribution in [1.29, 1.82) is 0 Å². The van der Waals surface area contributed by atoms with Crippen molar-refractivity contribution < 1.29 is 19.5 Å². The third-order valence-electron chi connectivity index (χ3n) is 3.82. The van der Waals surface area contributed by atoms with Gasteiger partial charge < -0.3 is 14.7 Å². The third kappa shape index (κ3) is 3.46. The van der Waals surface area contributed by atoms with Crippen LogP contribution in [0.25, 0.3) is 0 Å². The van der Waals surface area contributed by atoms with Gasteiger partial charge >= 0.3 is 5.97 Å². The molecule has 1 atom stereocenters. The summed E-state index contributed by atoms with van der Waals surface area (Å²) in [5, 5.41) is 14.3. The van der Waals surface area contributed by atoms with Crippen LogP contribution in [0.5, 0.6) is 0 Å². The molecule has 0 aromatic heterocycles. The molecule has 21 heavy (non-hydrogen) atoms. The summed E-state index contributed by atoms with van der Waals surface area (Å²) in [6.07, 6.45) is 8.58. The summed E-state index contributed by atoms with van der Waals surface area (Å²) in [6, 6.07) is 0. The van der Waals surface area contributed by atoms with Crippen molar-refractivity contribution in [3.8, 4) is 0 Å². The number of rotatable bonds is 4. The average molecular weight is 293 g/mol. The second-order valence-corrected chi connectivity index (χ2v) is 5.41. The van der Waals surface area contributed by atoms with E-state index in [0.29, 0.717) is 25.2 Å². The molecule has 0 bridgehead atoms. The first-order valence-corrected chi connectivity index (χ1v) is 7.64. The number of ether oxygens (including phenoxy) is 1. The summed E-state index contributed by atoms with van der Waals surface area (Å²) >= 11 is 0. The van der Waals surface area contributed by atoms with Crippen LogP contribution >= 0.6 is 0 Å². The van der Waals surface area contributed by atoms with Crippen LogP contribution in [-0.2, 0) is 14.4 Å². The van der Waals surface area contributed by atoms with Crippen LogP contribution in [-0.4, -0.2) is 29.0 Å². The van der Waals surface area contributed by atoms with Crippen LogP contribution in [0.3, 0.4) is 0 Å². The molecule has 0 aromatic carbocycles. The van der Waals surface area contributed by atoms with Gasteiger partial charge in [-0.15, -0.1) is 0 Å². The van der Waals surface area contributed by atoms with Gasteiger partial charge in [-0.25, -0.2) is 4.79 Å². The van der Waals surface area contributed by atoms with Gasteiger partial charge in [0.2, 0.25) is 0 Å². The Balaban J connectivity index is 2.30. The van der Waals surface area contributed by atoms with Crippen LogP contribution in [0.15, 0.2) is 28.6 Å². The normalized spacial score (nSPS) is 26.8. The maximum Gasteiger partial charge on any atom is 0.344 e. The molecule has 0 saturated heterocycles. The number of carbonyl (C=O) groups excluding carboxylic acids is 1. The Morgan fingerprint density at radius 1 is 1.48 bits per heavy atom. The van der Waals surface area contributed by atoms with Gasteiger partial charge in [-0.05, 0) is 45.1 Å². The fourth-order valence-corrected chi connectivity index (χ4v) is 2.78. The second-order valence-electron chi connectivity index (χ2n) is 5.41. The van der Waals surface area contributed by atoms with Gasteiger partial charge in [0.25, 0.3) is 0 Å². The lowest BCUT2D eigenvalue weighted by atomic mass is 9.88. The van der Waals surface area contributed by atoms with Crippen molar-refractivity contribution in [3.63, 3.8) is 0 Å². The molecule has 5 nitrogen and oxygen atoms in total. The van der Waals surface area contributed by atoms with Crippen LogP contribution < -0.4 is 0 Å². The maximum atomic E-state index is 12.3. The van der Waals surface area contributed by atoms with Gasteiger partial charge in [-0.1, -0.05) is 18.2 Å². The summed E-state index contributed by atoms with van der Waals surface area (Å²) in [7, 11) is 0. The summed E-state index contributed by atoms with van der Waals surface area (Å²) in [6.45, 7) is 4.09. The number of aliphatic hydroxyl groups is 1. The van der Waals surface area contributed by atoms with Gasteiger partial charge in [0.15, 0.2) is 0 Å². The van der Waals surface area contributed by atoms with Gasteiger partial charge in [-0.3, -0.25) is 0 Å². The highest BCUT2D eigenvalue weighted by Gasteiger charge is 2.41. The standard InChI is InChI=1S/C16H23NO4/c1-3-12(17-20-4-2)14-13(18)11-16(21-15(14)19)9-7-5-6-8-10-16/h7,9,18H,3-6,8,10-11H2,1-2H3/b17-12-. The number of hydrogen-bond donors (Lipinski definition) is 1. The lowest BCUT2D eigenvalue weighted by Crippen LogP contribution is -2.40. The minimum Gasteiger partial charge on any atom is -0.511 e. The molecule has 5 heteroatoms. The molecule has 1 spiro atoms. The van der Waals surface area contributed by atoms with Gasteiger partial charge in [-0.2, -0.15) is 0 Å². The van der Waals surface area contributed by atoms with E-state index in [1.165, 1.54) is 0 Å². The van der Waals surface area contributed by atoms with E-state index in [1.54, 1.807) is 0 Å². The number of esters is 1. The van der Waals surface area contributed by atoms with Crippen LogP contribution in [0.4, 0.5) is 0 Å². The number of nitrogens with zero attached hydrogens (tertiary/aromatic N) is 1. The first-order valence-electron chi connectivity index (χ1n) is 7.64. The number of aliphatic hydroxyl groups excluding tert-OH is 1. The molecule has 0 amide bonds. The summed E-state index contributed by atoms with van der Waals surface area (Å²) in [5.41, 5.74) is -0.0907. The Morgan fingerprint density at radius 3 is 2.95 bits per heavy atom. The van der Waals surface area contributed by atoms with Gasteiger partial charge in [0.05, 0.1) is 5.71 Å². The molecule has 1 N–H and O–H groups in total. The molecule has 116 valence electrons. The lowest BCUT2D eigenvalue weighted by molar-refractivity contribution is -0.153. The van der Waals surface area contributed by atoms with Crippen LogP contribution in [0.1, 0.15) is 52.4 Å². The fraction of sp³-hybridized carbons (Fsp3) is 0.625. The fourth-order valence-electron chi connectivity index (χ4n) is 2.78. The summed E-state index contributed by atoms with van der Waals surface area (Å²) < 4.78 is 5.66. The first kappa shape index (κ1) is 15.6. The molecule has 2 rings (SSSR count). The molecule has 1 aliphatic carbocycles. The van der Waals surface area contributed by atoms with E-state index in [9.17, 15) is 9.90 Å². The molecule has 2 aliphatic rings. The number of hydrogen-bond acceptors (Lipinski definition) is 5. The predicted octanol–water partition coefficient (Wildman–Crippen LogP) is 3.42. The zero-order valence-electron chi connectivity index (χ0n) is 12.7. The molecule has 0 radical (unpaired) electrons. The summed E-state index contributed by atoms with van der Waals surface area (Å²) in [5.74, 6) is -0.455. The molecular weight excluding hydrogens is 270 g/mol. The number of allylic oxidation sites excluding steroid dienone is 1. The third-order valence-corrected chi connectivity index (χ3v) is 3.82. The van der Waals surface area contributed by atoms with E-state index in [1.807, 2.05) is 26.0 Å². The molecular formula is C16H23NO4. The SMILES string of the molecule is CCO/N=C(/CC)C1=C(O)CC2(C=CCCCC2)OC1=O. The molecule has 1 heterocycles. The lowest BCUT2D eigenvalue weighted by Gasteiger charge is -2.34. The monoisotopic (exact) mass is 293 g/mol. The highest BCUT2D eigenvalue weighted by atomic mass is 16.6. The Labute approximate surface area is 125 Å². The highest BCUT2D eigenvalue weighted by Crippen LogP contribution is 2.36. The second kappa shape index (κ2) is 6.78. The van der Waals surface area contributed by atoms with E-state index in [-0.39, 0.29) is 11.3 Å². The van der Waals surface area contributed by atoms with Crippen molar-refractivity contribution in [3.05, 3.63) is 23.5 Å². The molecule has 0 aromatic rings. The van der Waals surface area contributed by atoms with E-state index < -0.39 is 11.6 Å². The quantitative estimate of drug-likeness (QED) is 0.373. The Morgan fingerprint density at radius 2 is 2.29 bits per heavy atom. The topological polar surface area (TPSA) is 68.1 Å². The van der Waals surface area contributed by atoms with Crippen LogP contribution in [0.2, 0.25) is 0 Å². The number of oxime groups is 1. The first-order chi connectivity index (χ1) is 10.1. The molecule has 1 aliphatic heterocycles. The largest absolute Gasteiger partial charge is 0.511 e. The highest BCUT2D eigenvalue weighted by molar-refractivity contribution is 6.20. The number of carbonyl (C=O) groups is 1. The predicted molar refractivity (Wildman–Crippen MR) is 80.1 cm³/mol. The van der Waals surface area contributed by atoms with Gasteiger partial charge in [0.1, 0.15) is 23.5 Å². The molecule has 0 saturated carbocycles. The minimum atomic E-state index is -0.689. The zero-order valence-corrected chi connectivity index (χ0v) is 12.7. The van der Waals surface area contributed by atoms with E-state index in [2.05, 4.69) is 5.16 Å². The van der Waals surface area contributed by atoms with Crippen molar-refractivity contribution in [2.24, 2.45) is 5.16 Å². The zero-order chi connectivity index (χ0) is 15.3. The minimum absolute atomic E-state index is 0.0538.